The van der Waals surface area contributed by atoms with E-state index >= 15 is 0 Å². The number of benzene rings is 1. The van der Waals surface area contributed by atoms with Crippen molar-refractivity contribution in [1.82, 2.24) is 0 Å². The van der Waals surface area contributed by atoms with Gasteiger partial charge < -0.3 is 4.74 Å². The van der Waals surface area contributed by atoms with E-state index in [9.17, 15) is 18.0 Å². The SMILES string of the molecule is CC(=O)c1ccc(C(F)(F)F)cc1OC(C)C. The van der Waals surface area contributed by atoms with Crippen LogP contribution in [-0.2, 0) is 6.18 Å². The molecule has 1 rings (SSSR count). The van der Waals surface area contributed by atoms with Crippen molar-refractivity contribution < 1.29 is 22.7 Å². The number of ether oxygens (including phenoxy) is 1. The van der Waals surface area contributed by atoms with Gasteiger partial charge in [0.1, 0.15) is 5.75 Å². The highest BCUT2D eigenvalue weighted by molar-refractivity contribution is 5.96. The van der Waals surface area contributed by atoms with E-state index in [1.54, 1.807) is 13.8 Å². The van der Waals surface area contributed by atoms with E-state index in [0.717, 1.165) is 18.2 Å². The summed E-state index contributed by atoms with van der Waals surface area (Å²) in [5, 5.41) is 0. The van der Waals surface area contributed by atoms with Crippen LogP contribution in [0, 0.1) is 0 Å². The largest absolute Gasteiger partial charge is 0.490 e. The van der Waals surface area contributed by atoms with Crippen molar-refractivity contribution in [3.8, 4) is 5.75 Å². The molecule has 0 aliphatic heterocycles. The zero-order valence-corrected chi connectivity index (χ0v) is 9.76. The summed E-state index contributed by atoms with van der Waals surface area (Å²) in [5.41, 5.74) is -0.662. The fourth-order valence-electron chi connectivity index (χ4n) is 1.34. The second kappa shape index (κ2) is 4.77. The Labute approximate surface area is 97.4 Å². The minimum atomic E-state index is -4.44. The van der Waals surface area contributed by atoms with E-state index in [1.165, 1.54) is 6.92 Å². The number of rotatable bonds is 3. The normalized spacial score (nSPS) is 11.7. The van der Waals surface area contributed by atoms with E-state index in [-0.39, 0.29) is 23.2 Å². The van der Waals surface area contributed by atoms with Gasteiger partial charge in [-0.1, -0.05) is 0 Å². The lowest BCUT2D eigenvalue weighted by molar-refractivity contribution is -0.137. The summed E-state index contributed by atoms with van der Waals surface area (Å²) in [4.78, 5) is 11.2. The maximum Gasteiger partial charge on any atom is 0.416 e. The van der Waals surface area contributed by atoms with Crippen molar-refractivity contribution in [2.75, 3.05) is 0 Å². The van der Waals surface area contributed by atoms with Crippen LogP contribution in [0.2, 0.25) is 0 Å². The topological polar surface area (TPSA) is 26.3 Å². The lowest BCUT2D eigenvalue weighted by Crippen LogP contribution is -2.12. The van der Waals surface area contributed by atoms with E-state index in [0.29, 0.717) is 0 Å². The molecule has 94 valence electrons. The Morgan fingerprint density at radius 1 is 1.29 bits per heavy atom. The van der Waals surface area contributed by atoms with Crippen molar-refractivity contribution >= 4 is 5.78 Å². The lowest BCUT2D eigenvalue weighted by atomic mass is 10.1. The Balaban J connectivity index is 3.24. The molecule has 0 radical (unpaired) electrons. The second-order valence-corrected chi connectivity index (χ2v) is 3.93. The lowest BCUT2D eigenvalue weighted by Gasteiger charge is -2.15. The van der Waals surface area contributed by atoms with E-state index < -0.39 is 11.7 Å². The van der Waals surface area contributed by atoms with Gasteiger partial charge in [0.2, 0.25) is 0 Å². The minimum absolute atomic E-state index is 0.0256. The Bertz CT molecular complexity index is 422. The van der Waals surface area contributed by atoms with Crippen LogP contribution in [0.4, 0.5) is 13.2 Å². The Morgan fingerprint density at radius 3 is 2.29 bits per heavy atom. The van der Waals surface area contributed by atoms with Crippen molar-refractivity contribution in [3.05, 3.63) is 29.3 Å². The summed E-state index contributed by atoms with van der Waals surface area (Å²) in [6, 6.07) is 2.88. The first kappa shape index (κ1) is 13.5. The number of ketones is 1. The average molecular weight is 246 g/mol. The van der Waals surface area contributed by atoms with Gasteiger partial charge in [0, 0.05) is 0 Å². The molecule has 2 nitrogen and oxygen atoms in total. The Kier molecular flexibility index (Phi) is 3.80. The highest BCUT2D eigenvalue weighted by atomic mass is 19.4. The van der Waals surface area contributed by atoms with Crippen LogP contribution in [0.1, 0.15) is 36.7 Å². The Hall–Kier alpha value is -1.52. The van der Waals surface area contributed by atoms with Crippen LogP contribution in [-0.4, -0.2) is 11.9 Å². The number of hydrogen-bond donors (Lipinski definition) is 0. The molecule has 0 saturated heterocycles. The first-order chi connectivity index (χ1) is 7.71. The quantitative estimate of drug-likeness (QED) is 0.760. The third-order valence-electron chi connectivity index (χ3n) is 2.05. The zero-order chi connectivity index (χ0) is 13.2. The summed E-state index contributed by atoms with van der Waals surface area (Å²) in [6.45, 7) is 4.66. The van der Waals surface area contributed by atoms with Gasteiger partial charge >= 0.3 is 6.18 Å². The molecule has 0 amide bonds. The molecule has 0 aliphatic rings. The van der Waals surface area contributed by atoms with Crippen LogP contribution in [0.25, 0.3) is 0 Å². The van der Waals surface area contributed by atoms with Gasteiger partial charge in [-0.25, -0.2) is 0 Å². The van der Waals surface area contributed by atoms with Gasteiger partial charge in [-0.15, -0.1) is 0 Å². The molecule has 1 aromatic carbocycles. The molecule has 0 unspecified atom stereocenters. The first-order valence-electron chi connectivity index (χ1n) is 5.10. The molecule has 1 aromatic rings. The molecule has 0 saturated carbocycles. The smallest absolute Gasteiger partial charge is 0.416 e. The van der Waals surface area contributed by atoms with Crippen LogP contribution < -0.4 is 4.74 Å². The number of carbonyl (C=O) groups excluding carboxylic acids is 1. The molecule has 0 aliphatic carbocycles. The summed E-state index contributed by atoms with van der Waals surface area (Å²) in [6.07, 6.45) is -4.73. The highest BCUT2D eigenvalue weighted by Crippen LogP contribution is 2.33. The number of carbonyl (C=O) groups is 1. The van der Waals surface area contributed by atoms with E-state index in [4.69, 9.17) is 4.74 Å². The average Bonchev–Trinajstić information content (AvgIpc) is 2.14. The fraction of sp³-hybridized carbons (Fsp3) is 0.417. The van der Waals surface area contributed by atoms with Gasteiger partial charge in [-0.05, 0) is 39.0 Å². The van der Waals surface area contributed by atoms with Crippen molar-refractivity contribution in [1.29, 1.82) is 0 Å². The van der Waals surface area contributed by atoms with Crippen molar-refractivity contribution in [3.63, 3.8) is 0 Å². The third kappa shape index (κ3) is 3.47. The third-order valence-corrected chi connectivity index (χ3v) is 2.05. The van der Waals surface area contributed by atoms with Gasteiger partial charge in [0.25, 0.3) is 0 Å². The molecule has 17 heavy (non-hydrogen) atoms. The number of hydrogen-bond acceptors (Lipinski definition) is 2. The number of Topliss-reactive ketones (excluding diaryl/α,β-unsaturated/α-hetero) is 1. The van der Waals surface area contributed by atoms with Gasteiger partial charge in [-0.3, -0.25) is 4.79 Å². The monoisotopic (exact) mass is 246 g/mol. The van der Waals surface area contributed by atoms with Crippen molar-refractivity contribution in [2.24, 2.45) is 0 Å². The second-order valence-electron chi connectivity index (χ2n) is 3.93. The molecule has 0 spiro atoms. The summed E-state index contributed by atoms with van der Waals surface area (Å²) >= 11 is 0. The molecule has 0 heterocycles. The molecule has 0 N–H and O–H groups in total. The molecule has 0 bridgehead atoms. The van der Waals surface area contributed by atoms with E-state index in [2.05, 4.69) is 0 Å². The molecule has 0 fully saturated rings. The minimum Gasteiger partial charge on any atom is -0.490 e. The fourth-order valence-corrected chi connectivity index (χ4v) is 1.34. The standard InChI is InChI=1S/C12H13F3O2/c1-7(2)17-11-6-9(12(13,14)15)4-5-10(11)8(3)16/h4-7H,1-3H3. The molecule has 0 atom stereocenters. The highest BCUT2D eigenvalue weighted by Gasteiger charge is 2.31. The predicted molar refractivity (Wildman–Crippen MR) is 57.2 cm³/mol. The summed E-state index contributed by atoms with van der Waals surface area (Å²) < 4.78 is 42.7. The summed E-state index contributed by atoms with van der Waals surface area (Å²) in [5.74, 6) is -0.350. The van der Waals surface area contributed by atoms with Crippen LogP contribution in [0.15, 0.2) is 18.2 Å². The number of alkyl halides is 3. The van der Waals surface area contributed by atoms with Crippen LogP contribution in [0.3, 0.4) is 0 Å². The number of halogens is 3. The van der Waals surface area contributed by atoms with Gasteiger partial charge in [0.05, 0.1) is 17.2 Å². The molecule has 0 aromatic heterocycles. The van der Waals surface area contributed by atoms with E-state index in [1.807, 2.05) is 0 Å². The predicted octanol–water partition coefficient (Wildman–Crippen LogP) is 3.70. The van der Waals surface area contributed by atoms with Gasteiger partial charge in [0.15, 0.2) is 5.78 Å². The summed E-state index contributed by atoms with van der Waals surface area (Å²) in [7, 11) is 0. The molecular formula is C12H13F3O2. The Morgan fingerprint density at radius 2 is 1.88 bits per heavy atom. The maximum atomic E-state index is 12.5. The molecular weight excluding hydrogens is 233 g/mol. The van der Waals surface area contributed by atoms with Crippen molar-refractivity contribution in [2.45, 2.75) is 33.1 Å². The van der Waals surface area contributed by atoms with Crippen LogP contribution >= 0.6 is 0 Å². The maximum absolute atomic E-state index is 12.5. The molecule has 5 heteroatoms. The van der Waals surface area contributed by atoms with Crippen LogP contribution in [0.5, 0.6) is 5.75 Å². The zero-order valence-electron chi connectivity index (χ0n) is 9.76. The van der Waals surface area contributed by atoms with Gasteiger partial charge in [-0.2, -0.15) is 13.2 Å². The first-order valence-corrected chi connectivity index (χ1v) is 5.10.